The number of hydrogen-bond donors (Lipinski definition) is 1. The van der Waals surface area contributed by atoms with Crippen LogP contribution in [0.25, 0.3) is 0 Å². The number of aliphatic hydroxyl groups excluding tert-OH is 1. The Hall–Kier alpha value is -1.68. The van der Waals surface area contributed by atoms with E-state index in [9.17, 15) is 24.3 Å². The minimum Gasteiger partial charge on any atom is -0.463 e. The summed E-state index contributed by atoms with van der Waals surface area (Å²) < 4.78 is 5.80. The number of nitrogens with zero attached hydrogens (tertiary/aromatic N) is 2. The molecule has 176 valence electrons. The summed E-state index contributed by atoms with van der Waals surface area (Å²) in [4.78, 5) is 51.5. The van der Waals surface area contributed by atoms with Crippen LogP contribution in [0.2, 0.25) is 0 Å². The highest BCUT2D eigenvalue weighted by Gasteiger charge is 2.76. The summed E-state index contributed by atoms with van der Waals surface area (Å²) in [6, 6.07) is 3.16. The molecule has 2 saturated heterocycles. The van der Waals surface area contributed by atoms with Gasteiger partial charge in [0.25, 0.3) is 11.8 Å². The highest BCUT2D eigenvalue weighted by Crippen LogP contribution is 2.65. The highest BCUT2D eigenvalue weighted by molar-refractivity contribution is 9.09. The molecule has 1 N–H and O–H groups in total. The molecule has 1 aromatic heterocycles. The van der Waals surface area contributed by atoms with Crippen LogP contribution in [0.4, 0.5) is 0 Å². The number of allylic oxidation sites excluding steroid dienone is 2. The molecule has 0 spiro atoms. The third-order valence-electron chi connectivity index (χ3n) is 7.55. The van der Waals surface area contributed by atoms with E-state index >= 15 is 0 Å². The first-order valence-electron chi connectivity index (χ1n) is 10.7. The van der Waals surface area contributed by atoms with Crippen molar-refractivity contribution < 1.29 is 28.7 Å². The van der Waals surface area contributed by atoms with Gasteiger partial charge in [-0.15, -0.1) is 23.2 Å². The van der Waals surface area contributed by atoms with Crippen LogP contribution in [-0.4, -0.2) is 60.3 Å². The molecule has 0 bridgehead atoms. The van der Waals surface area contributed by atoms with Crippen LogP contribution in [0, 0.1) is 17.8 Å². The molecule has 5 rings (SSSR count). The molecule has 3 heterocycles. The molecule has 33 heavy (non-hydrogen) atoms. The van der Waals surface area contributed by atoms with Gasteiger partial charge in [0.2, 0.25) is 11.8 Å². The maximum Gasteiger partial charge on any atom is 0.254 e. The second-order valence-electron chi connectivity index (χ2n) is 8.87. The number of amides is 4. The number of halogens is 3. The lowest BCUT2D eigenvalue weighted by atomic mass is 9.57. The Morgan fingerprint density at radius 2 is 1.85 bits per heavy atom. The quantitative estimate of drug-likeness (QED) is 0.263. The predicted octanol–water partition coefficient (Wildman–Crippen LogP) is 2.50. The lowest BCUT2D eigenvalue weighted by Crippen LogP contribution is -2.60. The van der Waals surface area contributed by atoms with E-state index in [1.165, 1.54) is 4.90 Å². The first-order chi connectivity index (χ1) is 15.6. The van der Waals surface area contributed by atoms with Crippen molar-refractivity contribution in [1.82, 2.24) is 9.80 Å². The van der Waals surface area contributed by atoms with E-state index < -0.39 is 45.2 Å². The van der Waals surface area contributed by atoms with E-state index in [4.69, 9.17) is 27.6 Å². The fourth-order valence-corrected chi connectivity index (χ4v) is 7.48. The smallest absolute Gasteiger partial charge is 0.254 e. The van der Waals surface area contributed by atoms with Gasteiger partial charge in [-0.2, -0.15) is 0 Å². The molecule has 11 heteroatoms. The van der Waals surface area contributed by atoms with Gasteiger partial charge in [0.05, 0.1) is 23.2 Å². The van der Waals surface area contributed by atoms with Crippen molar-refractivity contribution in [2.24, 2.45) is 17.8 Å². The Balaban J connectivity index is 1.72. The van der Waals surface area contributed by atoms with Gasteiger partial charge in [-0.25, -0.2) is 0 Å². The topological polar surface area (TPSA) is 108 Å². The van der Waals surface area contributed by atoms with Crippen LogP contribution in [0.15, 0.2) is 28.2 Å². The Labute approximate surface area is 208 Å². The zero-order chi connectivity index (χ0) is 23.9. The van der Waals surface area contributed by atoms with Crippen LogP contribution in [0.1, 0.15) is 37.2 Å². The fourth-order valence-electron chi connectivity index (χ4n) is 6.08. The summed E-state index contributed by atoms with van der Waals surface area (Å²) in [6.45, 7) is 1.64. The zero-order valence-electron chi connectivity index (χ0n) is 17.6. The maximum absolute atomic E-state index is 13.5. The molecule has 2 aliphatic heterocycles. The van der Waals surface area contributed by atoms with Gasteiger partial charge in [-0.3, -0.25) is 29.0 Å². The second-order valence-corrected chi connectivity index (χ2v) is 10.6. The minimum atomic E-state index is -1.89. The number of fused-ring (bicyclic) bond motifs is 4. The average Bonchev–Trinajstić information content (AvgIpc) is 3.40. The van der Waals surface area contributed by atoms with E-state index in [1.807, 2.05) is 6.08 Å². The predicted molar refractivity (Wildman–Crippen MR) is 120 cm³/mol. The van der Waals surface area contributed by atoms with Crippen molar-refractivity contribution in [3.8, 4) is 0 Å². The van der Waals surface area contributed by atoms with E-state index in [1.54, 1.807) is 19.1 Å². The lowest BCUT2D eigenvalue weighted by Gasteiger charge is -2.49. The fraction of sp³-hybridized carbons (Fsp3) is 0.545. The molecular formula is C22H21BrCl2N2O6. The van der Waals surface area contributed by atoms with Gasteiger partial charge >= 0.3 is 0 Å². The van der Waals surface area contributed by atoms with Crippen molar-refractivity contribution in [2.45, 2.75) is 42.0 Å². The molecule has 2 aliphatic carbocycles. The number of rotatable bonds is 4. The van der Waals surface area contributed by atoms with Gasteiger partial charge in [0.1, 0.15) is 18.1 Å². The molecular weight excluding hydrogens is 539 g/mol. The zero-order valence-corrected chi connectivity index (χ0v) is 20.7. The molecule has 4 amide bonds. The Kier molecular flexibility index (Phi) is 5.36. The molecule has 6 atom stereocenters. The van der Waals surface area contributed by atoms with Gasteiger partial charge in [-0.05, 0) is 37.8 Å². The Morgan fingerprint density at radius 3 is 2.45 bits per heavy atom. The average molecular weight is 560 g/mol. The minimum absolute atomic E-state index is 0.0558. The molecule has 1 aromatic rings. The summed E-state index contributed by atoms with van der Waals surface area (Å²) in [5, 5.41) is 9.51. The number of imide groups is 2. The van der Waals surface area contributed by atoms with Crippen LogP contribution in [0.5, 0.6) is 0 Å². The van der Waals surface area contributed by atoms with E-state index in [-0.39, 0.29) is 48.4 Å². The van der Waals surface area contributed by atoms with Crippen LogP contribution in [0.3, 0.4) is 0 Å². The van der Waals surface area contributed by atoms with E-state index in [0.717, 1.165) is 4.90 Å². The SMILES string of the molecule is CCN1C(=O)C2CC=C3C(CC4(Cl)C(=O)N(CBr)C(=O)C4(Cl)C3c3ccc(CO)o3)C2C1=O. The maximum atomic E-state index is 13.5. The number of carbonyl (C=O) groups excluding carboxylic acids is 4. The van der Waals surface area contributed by atoms with Gasteiger partial charge < -0.3 is 9.52 Å². The monoisotopic (exact) mass is 558 g/mol. The third-order valence-corrected chi connectivity index (χ3v) is 9.46. The van der Waals surface area contributed by atoms with Crippen LogP contribution < -0.4 is 0 Å². The molecule has 4 aliphatic rings. The molecule has 8 nitrogen and oxygen atoms in total. The number of aliphatic hydroxyl groups is 1. The van der Waals surface area contributed by atoms with Crippen LogP contribution in [-0.2, 0) is 25.8 Å². The van der Waals surface area contributed by atoms with Crippen molar-refractivity contribution in [3.05, 3.63) is 35.3 Å². The number of furan rings is 1. The molecule has 6 unspecified atom stereocenters. The summed E-state index contributed by atoms with van der Waals surface area (Å²) >= 11 is 17.2. The van der Waals surface area contributed by atoms with Gasteiger partial charge in [0, 0.05) is 6.54 Å². The lowest BCUT2D eigenvalue weighted by molar-refractivity contribution is -0.141. The Morgan fingerprint density at radius 1 is 1.12 bits per heavy atom. The number of hydrogen-bond acceptors (Lipinski definition) is 6. The van der Waals surface area contributed by atoms with Crippen molar-refractivity contribution >= 4 is 62.8 Å². The van der Waals surface area contributed by atoms with Crippen molar-refractivity contribution in [2.75, 3.05) is 12.0 Å². The Bertz CT molecular complexity index is 1120. The standard InChI is InChI=1S/C22H21BrCl2N2O6/c1-2-26-17(29)12-5-4-11-13(15(12)18(26)30)7-21(24)19(31)27(9-23)20(32)22(21,25)16(11)14-6-3-10(8-28)33-14/h3-4,6,12-13,15-16,28H,2,5,7-9H2,1H3. The van der Waals surface area contributed by atoms with Crippen LogP contribution >= 0.6 is 39.1 Å². The van der Waals surface area contributed by atoms with E-state index in [0.29, 0.717) is 12.0 Å². The molecule has 0 aromatic carbocycles. The first kappa shape index (κ1) is 23.1. The summed E-state index contributed by atoms with van der Waals surface area (Å²) in [6.07, 6.45) is 2.10. The summed E-state index contributed by atoms with van der Waals surface area (Å²) in [5.74, 6) is -4.05. The van der Waals surface area contributed by atoms with E-state index in [2.05, 4.69) is 15.9 Å². The summed E-state index contributed by atoms with van der Waals surface area (Å²) in [5.41, 5.74) is 0.579. The van der Waals surface area contributed by atoms with Gasteiger partial charge in [0.15, 0.2) is 9.75 Å². The number of carbonyl (C=O) groups is 4. The normalized spacial score (nSPS) is 37.9. The number of alkyl halides is 3. The van der Waals surface area contributed by atoms with Crippen molar-refractivity contribution in [3.63, 3.8) is 0 Å². The highest BCUT2D eigenvalue weighted by atomic mass is 79.9. The van der Waals surface area contributed by atoms with Crippen molar-refractivity contribution in [1.29, 1.82) is 0 Å². The summed E-state index contributed by atoms with van der Waals surface area (Å²) in [7, 11) is 0. The molecule has 3 fully saturated rings. The molecule has 0 radical (unpaired) electrons. The largest absolute Gasteiger partial charge is 0.463 e. The first-order valence-corrected chi connectivity index (χ1v) is 12.6. The molecule has 1 saturated carbocycles. The third kappa shape index (κ3) is 2.73. The van der Waals surface area contributed by atoms with Gasteiger partial charge in [-0.1, -0.05) is 27.6 Å². The number of likely N-dealkylation sites (tertiary alicyclic amines) is 2. The second kappa shape index (κ2) is 7.66.